The van der Waals surface area contributed by atoms with Crippen molar-refractivity contribution in [1.29, 1.82) is 0 Å². The molecule has 0 aliphatic rings. The number of benzene rings is 1. The van der Waals surface area contributed by atoms with Crippen molar-refractivity contribution >= 4 is 29.3 Å². The van der Waals surface area contributed by atoms with Crippen molar-refractivity contribution < 1.29 is 27.9 Å². The third kappa shape index (κ3) is 5.66. The van der Waals surface area contributed by atoms with E-state index in [4.69, 9.17) is 5.11 Å². The molecule has 0 spiro atoms. The number of pyridine rings is 1. The van der Waals surface area contributed by atoms with Gasteiger partial charge in [-0.15, -0.1) is 11.8 Å². The summed E-state index contributed by atoms with van der Waals surface area (Å²) in [6.07, 6.45) is -4.32. The summed E-state index contributed by atoms with van der Waals surface area (Å²) in [7, 11) is 0. The summed E-state index contributed by atoms with van der Waals surface area (Å²) in [5.74, 6) is -3.32. The Balaban J connectivity index is 2.00. The number of H-pyrrole nitrogens is 1. The number of aromatic amines is 1. The van der Waals surface area contributed by atoms with Gasteiger partial charge in [-0.1, -0.05) is 12.1 Å². The quantitative estimate of drug-likeness (QED) is 0.709. The van der Waals surface area contributed by atoms with Crippen LogP contribution in [0.1, 0.15) is 10.4 Å². The maximum absolute atomic E-state index is 12.0. The summed E-state index contributed by atoms with van der Waals surface area (Å²) in [5, 5.41) is 11.3. The Morgan fingerprint density at radius 2 is 1.77 bits per heavy atom. The average Bonchev–Trinajstić information content (AvgIpc) is 2.53. The number of halogens is 3. The van der Waals surface area contributed by atoms with Gasteiger partial charge in [-0.2, -0.15) is 13.2 Å². The number of carbonyl (C=O) groups excluding carboxylic acids is 1. The lowest BCUT2D eigenvalue weighted by atomic mass is 10.1. The SMILES string of the molecule is O=C(CSCC(F)(F)F)Nc1ccc(-c2ccc(C(=O)O)c(=O)[nH]2)cc1. The molecule has 3 N–H and O–H groups in total. The van der Waals surface area contributed by atoms with E-state index in [-0.39, 0.29) is 11.3 Å². The van der Waals surface area contributed by atoms with Gasteiger partial charge in [0.25, 0.3) is 5.56 Å². The molecule has 1 heterocycles. The van der Waals surface area contributed by atoms with Gasteiger partial charge in [0.05, 0.1) is 11.5 Å². The zero-order chi connectivity index (χ0) is 19.3. The second-order valence-electron chi connectivity index (χ2n) is 5.15. The van der Waals surface area contributed by atoms with E-state index in [1.54, 1.807) is 12.1 Å². The molecule has 1 amide bonds. The summed E-state index contributed by atoms with van der Waals surface area (Å²) < 4.78 is 36.1. The highest BCUT2D eigenvalue weighted by molar-refractivity contribution is 8.00. The minimum Gasteiger partial charge on any atom is -0.477 e. The number of amides is 1. The molecule has 1 aromatic heterocycles. The summed E-state index contributed by atoms with van der Waals surface area (Å²) in [4.78, 5) is 36.5. The summed E-state index contributed by atoms with van der Waals surface area (Å²) in [6.45, 7) is 0. The van der Waals surface area contributed by atoms with Crippen molar-refractivity contribution in [1.82, 2.24) is 4.98 Å². The third-order valence-corrected chi connectivity index (χ3v) is 4.12. The number of carboxylic acids is 1. The minimum absolute atomic E-state index is 0.328. The first-order valence-corrected chi connectivity index (χ1v) is 8.32. The smallest absolute Gasteiger partial charge is 0.397 e. The highest BCUT2D eigenvalue weighted by Crippen LogP contribution is 2.22. The van der Waals surface area contributed by atoms with E-state index in [2.05, 4.69) is 10.3 Å². The Hall–Kier alpha value is -2.75. The van der Waals surface area contributed by atoms with Gasteiger partial charge < -0.3 is 15.4 Å². The largest absolute Gasteiger partial charge is 0.477 e. The molecule has 0 fully saturated rings. The second kappa shape index (κ2) is 8.09. The van der Waals surface area contributed by atoms with Crippen LogP contribution in [0.2, 0.25) is 0 Å². The molecule has 0 aliphatic carbocycles. The van der Waals surface area contributed by atoms with E-state index in [0.717, 1.165) is 0 Å². The number of thioether (sulfide) groups is 1. The Morgan fingerprint density at radius 3 is 2.31 bits per heavy atom. The fraction of sp³-hybridized carbons (Fsp3) is 0.188. The number of hydrogen-bond acceptors (Lipinski definition) is 4. The monoisotopic (exact) mass is 386 g/mol. The van der Waals surface area contributed by atoms with E-state index in [0.29, 0.717) is 28.7 Å². The maximum atomic E-state index is 12.0. The van der Waals surface area contributed by atoms with Crippen molar-refractivity contribution in [2.75, 3.05) is 16.8 Å². The Bertz CT molecular complexity index is 863. The molecule has 0 atom stereocenters. The highest BCUT2D eigenvalue weighted by atomic mass is 32.2. The van der Waals surface area contributed by atoms with Crippen LogP contribution in [0.3, 0.4) is 0 Å². The number of carbonyl (C=O) groups is 2. The van der Waals surface area contributed by atoms with Crippen LogP contribution in [0, 0.1) is 0 Å². The Labute approximate surface area is 149 Å². The summed E-state index contributed by atoms with van der Waals surface area (Å²) >= 11 is 0.468. The number of nitrogens with one attached hydrogen (secondary N) is 2. The molecule has 2 aromatic rings. The first-order valence-electron chi connectivity index (χ1n) is 7.17. The van der Waals surface area contributed by atoms with Crippen LogP contribution in [0.5, 0.6) is 0 Å². The zero-order valence-corrected chi connectivity index (χ0v) is 13.9. The zero-order valence-electron chi connectivity index (χ0n) is 13.1. The number of rotatable bonds is 6. The van der Waals surface area contributed by atoms with Crippen LogP contribution < -0.4 is 10.9 Å². The third-order valence-electron chi connectivity index (χ3n) is 3.12. The lowest BCUT2D eigenvalue weighted by Gasteiger charge is -2.08. The van der Waals surface area contributed by atoms with Gasteiger partial charge in [0.1, 0.15) is 5.56 Å². The van der Waals surface area contributed by atoms with E-state index < -0.39 is 29.4 Å². The first kappa shape index (κ1) is 19.6. The number of carboxylic acid groups (broad SMARTS) is 1. The van der Waals surface area contributed by atoms with Gasteiger partial charge in [-0.05, 0) is 29.8 Å². The number of alkyl halides is 3. The molecular formula is C16H13F3N2O4S. The van der Waals surface area contributed by atoms with Crippen LogP contribution in [0.15, 0.2) is 41.2 Å². The standard InChI is InChI=1S/C16H13F3N2O4S/c17-16(18,19)8-26-7-13(22)20-10-3-1-9(2-4-10)12-6-5-11(15(24)25)14(23)21-12/h1-6H,7-8H2,(H,20,22)(H,21,23)(H,24,25). The van der Waals surface area contributed by atoms with E-state index in [9.17, 15) is 27.6 Å². The molecule has 0 radical (unpaired) electrons. The molecule has 138 valence electrons. The minimum atomic E-state index is -4.32. The maximum Gasteiger partial charge on any atom is 0.397 e. The number of aromatic carboxylic acids is 1. The predicted molar refractivity (Wildman–Crippen MR) is 91.5 cm³/mol. The molecule has 10 heteroatoms. The first-order chi connectivity index (χ1) is 12.2. The normalized spacial score (nSPS) is 11.2. The van der Waals surface area contributed by atoms with E-state index in [1.165, 1.54) is 24.3 Å². The molecule has 0 saturated heterocycles. The van der Waals surface area contributed by atoms with Crippen molar-refractivity contribution in [3.05, 3.63) is 52.3 Å². The number of aromatic nitrogens is 1. The molecule has 6 nitrogen and oxygen atoms in total. The van der Waals surface area contributed by atoms with Crippen LogP contribution in [0.25, 0.3) is 11.3 Å². The van der Waals surface area contributed by atoms with Crippen LogP contribution in [0.4, 0.5) is 18.9 Å². The Kier molecular flexibility index (Phi) is 6.09. The van der Waals surface area contributed by atoms with Gasteiger partial charge in [-0.3, -0.25) is 9.59 Å². The number of anilines is 1. The van der Waals surface area contributed by atoms with E-state index >= 15 is 0 Å². The van der Waals surface area contributed by atoms with Crippen molar-refractivity contribution in [2.24, 2.45) is 0 Å². The van der Waals surface area contributed by atoms with Gasteiger partial charge >= 0.3 is 12.1 Å². The van der Waals surface area contributed by atoms with Gasteiger partial charge in [0.2, 0.25) is 5.91 Å². The Morgan fingerprint density at radius 1 is 1.12 bits per heavy atom. The lowest BCUT2D eigenvalue weighted by molar-refractivity contribution is -0.113. The highest BCUT2D eigenvalue weighted by Gasteiger charge is 2.27. The van der Waals surface area contributed by atoms with Gasteiger partial charge in [-0.25, -0.2) is 4.79 Å². The van der Waals surface area contributed by atoms with Crippen LogP contribution in [-0.2, 0) is 4.79 Å². The molecule has 0 saturated carbocycles. The second-order valence-corrected chi connectivity index (χ2v) is 6.14. The molecular weight excluding hydrogens is 373 g/mol. The molecule has 0 bridgehead atoms. The predicted octanol–water partition coefficient (Wildman–Crippen LogP) is 2.97. The van der Waals surface area contributed by atoms with Crippen LogP contribution in [-0.4, -0.2) is 39.6 Å². The lowest BCUT2D eigenvalue weighted by Crippen LogP contribution is -2.18. The molecule has 0 unspecified atom stereocenters. The van der Waals surface area contributed by atoms with Crippen molar-refractivity contribution in [2.45, 2.75) is 6.18 Å². The van der Waals surface area contributed by atoms with Gasteiger partial charge in [0.15, 0.2) is 0 Å². The summed E-state index contributed by atoms with van der Waals surface area (Å²) in [5.41, 5.74) is 0.223. The molecule has 0 aliphatic heterocycles. The topological polar surface area (TPSA) is 99.3 Å². The summed E-state index contributed by atoms with van der Waals surface area (Å²) in [6, 6.07) is 8.81. The van der Waals surface area contributed by atoms with E-state index in [1.807, 2.05) is 0 Å². The average molecular weight is 386 g/mol. The fourth-order valence-corrected chi connectivity index (χ4v) is 2.59. The van der Waals surface area contributed by atoms with Crippen molar-refractivity contribution in [3.8, 4) is 11.3 Å². The van der Waals surface area contributed by atoms with Crippen LogP contribution >= 0.6 is 11.8 Å². The van der Waals surface area contributed by atoms with Gasteiger partial charge in [0, 0.05) is 11.4 Å². The number of hydrogen-bond donors (Lipinski definition) is 3. The molecule has 2 rings (SSSR count). The fourth-order valence-electron chi connectivity index (χ4n) is 2.00. The molecule has 1 aromatic carbocycles. The molecule has 26 heavy (non-hydrogen) atoms. The van der Waals surface area contributed by atoms with Crippen molar-refractivity contribution in [3.63, 3.8) is 0 Å².